The molecule has 8 heteroatoms. The van der Waals surface area contributed by atoms with Crippen LogP contribution in [0.1, 0.15) is 43.2 Å². The average molecular weight is 492 g/mol. The van der Waals surface area contributed by atoms with Crippen molar-refractivity contribution in [1.82, 2.24) is 10.2 Å². The number of nitrogens with one attached hydrogen (secondary N) is 2. The molecule has 180 valence electrons. The van der Waals surface area contributed by atoms with Gasteiger partial charge in [-0.1, -0.05) is 49.4 Å². The third kappa shape index (κ3) is 5.69. The van der Waals surface area contributed by atoms with Gasteiger partial charge in [-0.25, -0.2) is 0 Å². The van der Waals surface area contributed by atoms with Gasteiger partial charge in [0.2, 0.25) is 5.91 Å². The van der Waals surface area contributed by atoms with Crippen LogP contribution in [0.2, 0.25) is 5.02 Å². The van der Waals surface area contributed by atoms with E-state index in [2.05, 4.69) is 17.2 Å². The number of imide groups is 1. The molecule has 2 atom stereocenters. The van der Waals surface area contributed by atoms with Gasteiger partial charge >= 0.3 is 0 Å². The van der Waals surface area contributed by atoms with Crippen molar-refractivity contribution in [2.75, 3.05) is 5.32 Å². The lowest BCUT2D eigenvalue weighted by atomic mass is 9.93. The number of hydrogen-bond acceptors (Lipinski definition) is 5. The number of ketones is 1. The van der Waals surface area contributed by atoms with E-state index in [9.17, 15) is 19.2 Å². The Morgan fingerprint density at radius 2 is 1.94 bits per heavy atom. The zero-order valence-corrected chi connectivity index (χ0v) is 20.1. The molecule has 4 rings (SSSR count). The number of carbonyl (C=O) groups excluding carboxylic acids is 4. The molecule has 35 heavy (non-hydrogen) atoms. The minimum Gasteiger partial charge on any atom is -0.351 e. The van der Waals surface area contributed by atoms with Gasteiger partial charge in [0.25, 0.3) is 11.8 Å². The minimum atomic E-state index is -0.853. The molecule has 2 aliphatic heterocycles. The van der Waals surface area contributed by atoms with E-state index in [1.165, 1.54) is 6.08 Å². The first-order valence-corrected chi connectivity index (χ1v) is 11.8. The van der Waals surface area contributed by atoms with Gasteiger partial charge in [0.1, 0.15) is 17.5 Å². The van der Waals surface area contributed by atoms with Gasteiger partial charge in [0.05, 0.1) is 0 Å². The molecular weight excluding hydrogens is 466 g/mol. The van der Waals surface area contributed by atoms with Crippen LogP contribution in [-0.2, 0) is 25.6 Å². The van der Waals surface area contributed by atoms with E-state index in [1.807, 2.05) is 37.3 Å². The van der Waals surface area contributed by atoms with Crippen LogP contribution in [0.3, 0.4) is 0 Å². The largest absolute Gasteiger partial charge is 0.351 e. The Morgan fingerprint density at radius 1 is 1.20 bits per heavy atom. The number of hydrogen-bond donors (Lipinski definition) is 2. The highest BCUT2D eigenvalue weighted by atomic mass is 35.5. The van der Waals surface area contributed by atoms with Crippen molar-refractivity contribution in [3.8, 4) is 0 Å². The van der Waals surface area contributed by atoms with E-state index < -0.39 is 23.8 Å². The quantitative estimate of drug-likeness (QED) is 0.542. The predicted molar refractivity (Wildman–Crippen MR) is 134 cm³/mol. The molecule has 0 bridgehead atoms. The maximum atomic E-state index is 12.9. The number of carbonyl (C=O) groups is 4. The first kappa shape index (κ1) is 24.4. The van der Waals surface area contributed by atoms with Gasteiger partial charge in [0, 0.05) is 35.3 Å². The molecule has 2 unspecified atom stereocenters. The first-order chi connectivity index (χ1) is 16.7. The number of allylic oxidation sites excluding steroid dienone is 1. The Hall–Kier alpha value is -3.71. The third-order valence-corrected chi connectivity index (χ3v) is 6.42. The maximum Gasteiger partial charge on any atom is 0.278 e. The number of piperidine rings is 1. The molecule has 0 spiro atoms. The lowest BCUT2D eigenvalue weighted by Crippen LogP contribution is -2.52. The van der Waals surface area contributed by atoms with Gasteiger partial charge in [0.15, 0.2) is 0 Å². The molecule has 2 aliphatic rings. The van der Waals surface area contributed by atoms with Crippen LogP contribution in [0.5, 0.6) is 0 Å². The van der Waals surface area contributed by atoms with Crippen molar-refractivity contribution in [3.63, 3.8) is 0 Å². The van der Waals surface area contributed by atoms with E-state index in [0.717, 1.165) is 16.0 Å². The molecule has 0 aliphatic carbocycles. The highest BCUT2D eigenvalue weighted by molar-refractivity contribution is 6.30. The molecule has 3 amide bonds. The summed E-state index contributed by atoms with van der Waals surface area (Å²) >= 11 is 5.91. The number of halogens is 1. The molecule has 1 fully saturated rings. The molecular formula is C27H26ClN3O4. The number of Topliss-reactive ketones (excluding diaryl/α,β-unsaturated/α-hetero) is 1. The van der Waals surface area contributed by atoms with Crippen LogP contribution < -0.4 is 10.6 Å². The lowest BCUT2D eigenvalue weighted by molar-refractivity contribution is -0.146. The Morgan fingerprint density at radius 3 is 2.66 bits per heavy atom. The zero-order chi connectivity index (χ0) is 25.1. The Balaban J connectivity index is 1.39. The standard InChI is InChI=1S/C27H26ClN3O4/c1-16(12-22(32)13-18-7-9-20(28)10-8-18)19-4-3-5-21(14-19)30-23-15-25(33)31(27(23)35)24-11-6-17(2)29-26(24)34/h3-5,7-10,14-16,24,30H,2,6,11-13H2,1H3,(H,29,34). The molecule has 7 nitrogen and oxygen atoms in total. The van der Waals surface area contributed by atoms with E-state index in [4.69, 9.17) is 11.6 Å². The van der Waals surface area contributed by atoms with E-state index in [0.29, 0.717) is 42.1 Å². The van der Waals surface area contributed by atoms with Gasteiger partial charge in [-0.2, -0.15) is 0 Å². The van der Waals surface area contributed by atoms with Crippen molar-refractivity contribution in [2.24, 2.45) is 0 Å². The average Bonchev–Trinajstić information content (AvgIpc) is 3.08. The van der Waals surface area contributed by atoms with Gasteiger partial charge < -0.3 is 10.6 Å². The van der Waals surface area contributed by atoms with Crippen molar-refractivity contribution in [3.05, 3.63) is 88.7 Å². The second-order valence-corrected chi connectivity index (χ2v) is 9.35. The van der Waals surface area contributed by atoms with E-state index >= 15 is 0 Å². The van der Waals surface area contributed by atoms with Crippen LogP contribution in [0.4, 0.5) is 5.69 Å². The van der Waals surface area contributed by atoms with Crippen LogP contribution in [0.25, 0.3) is 0 Å². The number of nitrogens with zero attached hydrogens (tertiary/aromatic N) is 1. The van der Waals surface area contributed by atoms with E-state index in [-0.39, 0.29) is 17.4 Å². The fourth-order valence-electron chi connectivity index (χ4n) is 4.32. The molecule has 2 heterocycles. The summed E-state index contributed by atoms with van der Waals surface area (Å²) in [6.45, 7) is 5.70. The SMILES string of the molecule is C=C1CCC(N2C(=O)C=C(Nc3cccc(C(C)CC(=O)Cc4ccc(Cl)cc4)c3)C2=O)C(=O)N1. The Labute approximate surface area is 208 Å². The normalized spacial score (nSPS) is 18.9. The molecule has 1 saturated heterocycles. The fraction of sp³-hybridized carbons (Fsp3) is 0.259. The lowest BCUT2D eigenvalue weighted by Gasteiger charge is -2.29. The predicted octanol–water partition coefficient (Wildman–Crippen LogP) is 4.10. The summed E-state index contributed by atoms with van der Waals surface area (Å²) in [7, 11) is 0. The second kappa shape index (κ2) is 10.3. The highest BCUT2D eigenvalue weighted by Crippen LogP contribution is 2.27. The van der Waals surface area contributed by atoms with Crippen molar-refractivity contribution < 1.29 is 19.2 Å². The summed E-state index contributed by atoms with van der Waals surface area (Å²) in [4.78, 5) is 51.3. The molecule has 0 saturated carbocycles. The van der Waals surface area contributed by atoms with Crippen LogP contribution in [0.15, 0.2) is 72.6 Å². The molecule has 2 aromatic rings. The highest BCUT2D eigenvalue weighted by Gasteiger charge is 2.41. The van der Waals surface area contributed by atoms with Crippen LogP contribution >= 0.6 is 11.6 Å². The smallest absolute Gasteiger partial charge is 0.278 e. The Bertz CT molecular complexity index is 1240. The van der Waals surface area contributed by atoms with Gasteiger partial charge in [-0.15, -0.1) is 0 Å². The van der Waals surface area contributed by atoms with Crippen LogP contribution in [-0.4, -0.2) is 34.4 Å². The first-order valence-electron chi connectivity index (χ1n) is 11.4. The number of anilines is 1. The number of rotatable bonds is 8. The topological polar surface area (TPSA) is 95.6 Å². The Kier molecular flexibility index (Phi) is 7.17. The molecule has 0 aromatic heterocycles. The molecule has 0 radical (unpaired) electrons. The van der Waals surface area contributed by atoms with Crippen molar-refractivity contribution in [2.45, 2.75) is 44.6 Å². The van der Waals surface area contributed by atoms with Gasteiger partial charge in [-0.3, -0.25) is 24.1 Å². The minimum absolute atomic E-state index is 0.0398. The summed E-state index contributed by atoms with van der Waals surface area (Å²) in [5.41, 5.74) is 3.15. The molecule has 2 N–H and O–H groups in total. The van der Waals surface area contributed by atoms with Crippen LogP contribution in [0, 0.1) is 0 Å². The zero-order valence-electron chi connectivity index (χ0n) is 19.3. The second-order valence-electron chi connectivity index (χ2n) is 8.92. The third-order valence-electron chi connectivity index (χ3n) is 6.17. The summed E-state index contributed by atoms with van der Waals surface area (Å²) in [5.74, 6) is -1.40. The fourth-order valence-corrected chi connectivity index (χ4v) is 4.44. The monoisotopic (exact) mass is 491 g/mol. The van der Waals surface area contributed by atoms with Crippen molar-refractivity contribution >= 4 is 40.8 Å². The summed E-state index contributed by atoms with van der Waals surface area (Å²) < 4.78 is 0. The summed E-state index contributed by atoms with van der Waals surface area (Å²) in [6.07, 6.45) is 2.76. The summed E-state index contributed by atoms with van der Waals surface area (Å²) in [5, 5.41) is 6.25. The number of benzene rings is 2. The maximum absolute atomic E-state index is 12.9. The van der Waals surface area contributed by atoms with Crippen molar-refractivity contribution in [1.29, 1.82) is 0 Å². The van der Waals surface area contributed by atoms with E-state index in [1.54, 1.807) is 18.2 Å². The summed E-state index contributed by atoms with van der Waals surface area (Å²) in [6, 6.07) is 13.8. The number of amides is 3. The molecule has 2 aromatic carbocycles. The van der Waals surface area contributed by atoms with Gasteiger partial charge in [-0.05, 0) is 54.2 Å².